The number of rotatable bonds is 5. The second-order valence-electron chi connectivity index (χ2n) is 4.20. The summed E-state index contributed by atoms with van der Waals surface area (Å²) in [6.07, 6.45) is 3.94. The molecule has 0 aliphatic carbocycles. The molecule has 0 spiro atoms. The number of aromatic nitrogens is 1. The SMILES string of the molecule is CCc1ccc(CC(NC)c2ccc(Br)s2)nc1. The molecule has 18 heavy (non-hydrogen) atoms. The van der Waals surface area contributed by atoms with Gasteiger partial charge >= 0.3 is 0 Å². The fourth-order valence-corrected chi connectivity index (χ4v) is 3.39. The highest BCUT2D eigenvalue weighted by molar-refractivity contribution is 9.11. The minimum atomic E-state index is 0.335. The summed E-state index contributed by atoms with van der Waals surface area (Å²) in [7, 11) is 2.00. The van der Waals surface area contributed by atoms with Gasteiger partial charge in [0.1, 0.15) is 0 Å². The van der Waals surface area contributed by atoms with Gasteiger partial charge in [0.05, 0.1) is 3.79 Å². The molecule has 2 aromatic heterocycles. The Balaban J connectivity index is 2.10. The zero-order valence-corrected chi connectivity index (χ0v) is 13.0. The lowest BCUT2D eigenvalue weighted by molar-refractivity contribution is 0.594. The van der Waals surface area contributed by atoms with Gasteiger partial charge in [-0.3, -0.25) is 4.98 Å². The van der Waals surface area contributed by atoms with Crippen molar-refractivity contribution in [2.24, 2.45) is 0 Å². The lowest BCUT2D eigenvalue weighted by atomic mass is 10.1. The molecular formula is C14H17BrN2S. The van der Waals surface area contributed by atoms with Gasteiger partial charge in [0.25, 0.3) is 0 Å². The minimum absolute atomic E-state index is 0.335. The van der Waals surface area contributed by atoms with Crippen LogP contribution in [-0.4, -0.2) is 12.0 Å². The van der Waals surface area contributed by atoms with E-state index in [0.717, 1.165) is 18.5 Å². The summed E-state index contributed by atoms with van der Waals surface area (Å²) in [6.45, 7) is 2.15. The first-order valence-electron chi connectivity index (χ1n) is 6.09. The van der Waals surface area contributed by atoms with Crippen molar-refractivity contribution >= 4 is 27.3 Å². The molecule has 2 aromatic rings. The minimum Gasteiger partial charge on any atom is -0.312 e. The molecule has 0 saturated carbocycles. The predicted octanol–water partition coefficient (Wildman–Crippen LogP) is 3.97. The Morgan fingerprint density at radius 2 is 2.17 bits per heavy atom. The van der Waals surface area contributed by atoms with Crippen molar-refractivity contribution in [1.82, 2.24) is 10.3 Å². The molecule has 0 saturated heterocycles. The Morgan fingerprint density at radius 3 is 2.67 bits per heavy atom. The Hall–Kier alpha value is -0.710. The summed E-state index contributed by atoms with van der Waals surface area (Å²) in [6, 6.07) is 8.89. The van der Waals surface area contributed by atoms with Gasteiger partial charge in [-0.2, -0.15) is 0 Å². The van der Waals surface area contributed by atoms with E-state index in [2.05, 4.69) is 57.4 Å². The zero-order valence-electron chi connectivity index (χ0n) is 10.6. The van der Waals surface area contributed by atoms with Crippen molar-refractivity contribution < 1.29 is 0 Å². The largest absolute Gasteiger partial charge is 0.312 e. The van der Waals surface area contributed by atoms with E-state index in [4.69, 9.17) is 0 Å². The Morgan fingerprint density at radius 1 is 1.33 bits per heavy atom. The van der Waals surface area contributed by atoms with Crippen LogP contribution in [0.4, 0.5) is 0 Å². The summed E-state index contributed by atoms with van der Waals surface area (Å²) < 4.78 is 1.17. The molecule has 0 fully saturated rings. The molecule has 0 amide bonds. The Bertz CT molecular complexity index is 493. The second kappa shape index (κ2) is 6.45. The van der Waals surface area contributed by atoms with Crippen LogP contribution < -0.4 is 5.32 Å². The first-order valence-corrected chi connectivity index (χ1v) is 7.70. The summed E-state index contributed by atoms with van der Waals surface area (Å²) >= 11 is 5.28. The average Bonchev–Trinajstić information content (AvgIpc) is 2.83. The average molecular weight is 325 g/mol. The lowest BCUT2D eigenvalue weighted by Crippen LogP contribution is -2.18. The summed E-state index contributed by atoms with van der Waals surface area (Å²) in [4.78, 5) is 5.86. The maximum absolute atomic E-state index is 4.52. The maximum atomic E-state index is 4.52. The first kappa shape index (κ1) is 13.7. The fourth-order valence-electron chi connectivity index (χ4n) is 1.85. The zero-order chi connectivity index (χ0) is 13.0. The van der Waals surface area contributed by atoms with Gasteiger partial charge in [0, 0.05) is 29.2 Å². The molecule has 0 radical (unpaired) electrons. The summed E-state index contributed by atoms with van der Waals surface area (Å²) in [5.74, 6) is 0. The number of hydrogen-bond acceptors (Lipinski definition) is 3. The van der Waals surface area contributed by atoms with Crippen LogP contribution in [0, 0.1) is 0 Å². The second-order valence-corrected chi connectivity index (χ2v) is 6.69. The molecule has 2 nitrogen and oxygen atoms in total. The number of thiophene rings is 1. The fraction of sp³-hybridized carbons (Fsp3) is 0.357. The van der Waals surface area contributed by atoms with Crippen LogP contribution in [0.5, 0.6) is 0 Å². The number of nitrogens with one attached hydrogen (secondary N) is 1. The van der Waals surface area contributed by atoms with E-state index < -0.39 is 0 Å². The molecule has 4 heteroatoms. The smallest absolute Gasteiger partial charge is 0.0701 e. The van der Waals surface area contributed by atoms with Crippen molar-refractivity contribution in [3.05, 3.63) is 50.4 Å². The quantitative estimate of drug-likeness (QED) is 0.900. The van der Waals surface area contributed by atoms with E-state index in [1.54, 1.807) is 11.3 Å². The Kier molecular flexibility index (Phi) is 4.92. The van der Waals surface area contributed by atoms with Crippen molar-refractivity contribution in [3.8, 4) is 0 Å². The van der Waals surface area contributed by atoms with Crippen LogP contribution in [0.2, 0.25) is 0 Å². The number of halogens is 1. The topological polar surface area (TPSA) is 24.9 Å². The van der Waals surface area contributed by atoms with E-state index in [1.165, 1.54) is 14.2 Å². The van der Waals surface area contributed by atoms with Gasteiger partial charge in [0.2, 0.25) is 0 Å². The number of hydrogen-bond donors (Lipinski definition) is 1. The van der Waals surface area contributed by atoms with Crippen LogP contribution in [-0.2, 0) is 12.8 Å². The first-order chi connectivity index (χ1) is 8.72. The predicted molar refractivity (Wildman–Crippen MR) is 81.1 cm³/mol. The summed E-state index contributed by atoms with van der Waals surface area (Å²) in [5, 5.41) is 3.36. The van der Waals surface area contributed by atoms with Crippen LogP contribution >= 0.6 is 27.3 Å². The van der Waals surface area contributed by atoms with Gasteiger partial charge in [-0.15, -0.1) is 11.3 Å². The van der Waals surface area contributed by atoms with Crippen LogP contribution in [0.3, 0.4) is 0 Å². The van der Waals surface area contributed by atoms with E-state index in [1.807, 2.05) is 13.2 Å². The lowest BCUT2D eigenvalue weighted by Gasteiger charge is -2.14. The molecule has 0 aliphatic heterocycles. The molecule has 1 N–H and O–H groups in total. The van der Waals surface area contributed by atoms with Crippen molar-refractivity contribution in [3.63, 3.8) is 0 Å². The maximum Gasteiger partial charge on any atom is 0.0701 e. The standard InChI is InChI=1S/C14H17BrN2S/c1-3-10-4-5-11(17-9-10)8-12(16-2)13-6-7-14(15)18-13/h4-7,9,12,16H,3,8H2,1-2H3. The van der Waals surface area contributed by atoms with E-state index in [9.17, 15) is 0 Å². The van der Waals surface area contributed by atoms with Gasteiger partial charge in [-0.25, -0.2) is 0 Å². The molecule has 1 atom stereocenters. The molecule has 1 unspecified atom stereocenters. The summed E-state index contributed by atoms with van der Waals surface area (Å²) in [5.41, 5.74) is 2.43. The number of nitrogens with zero attached hydrogens (tertiary/aromatic N) is 1. The molecule has 2 rings (SSSR count). The third-order valence-electron chi connectivity index (χ3n) is 2.99. The van der Waals surface area contributed by atoms with Gasteiger partial charge in [-0.1, -0.05) is 13.0 Å². The normalized spacial score (nSPS) is 12.6. The Labute approximate surface area is 121 Å². The highest BCUT2D eigenvalue weighted by Crippen LogP contribution is 2.28. The van der Waals surface area contributed by atoms with Gasteiger partial charge in [0.15, 0.2) is 0 Å². The van der Waals surface area contributed by atoms with Crippen LogP contribution in [0.1, 0.15) is 29.1 Å². The third kappa shape index (κ3) is 3.40. The molecule has 0 bridgehead atoms. The van der Waals surface area contributed by atoms with Crippen LogP contribution in [0.25, 0.3) is 0 Å². The van der Waals surface area contributed by atoms with Crippen molar-refractivity contribution in [1.29, 1.82) is 0 Å². The molecule has 2 heterocycles. The highest BCUT2D eigenvalue weighted by atomic mass is 79.9. The van der Waals surface area contributed by atoms with Crippen molar-refractivity contribution in [2.45, 2.75) is 25.8 Å². The van der Waals surface area contributed by atoms with E-state index in [-0.39, 0.29) is 0 Å². The van der Waals surface area contributed by atoms with Gasteiger partial charge in [-0.05, 0) is 53.2 Å². The van der Waals surface area contributed by atoms with Crippen LogP contribution in [0.15, 0.2) is 34.2 Å². The monoisotopic (exact) mass is 324 g/mol. The molecular weight excluding hydrogens is 308 g/mol. The molecule has 96 valence electrons. The number of likely N-dealkylation sites (N-methyl/N-ethyl adjacent to an activating group) is 1. The highest BCUT2D eigenvalue weighted by Gasteiger charge is 2.12. The molecule has 0 aromatic carbocycles. The van der Waals surface area contributed by atoms with Crippen molar-refractivity contribution in [2.75, 3.05) is 7.05 Å². The van der Waals surface area contributed by atoms with E-state index in [0.29, 0.717) is 6.04 Å². The number of pyridine rings is 1. The number of aryl methyl sites for hydroxylation is 1. The third-order valence-corrected chi connectivity index (χ3v) is 4.73. The molecule has 0 aliphatic rings. The van der Waals surface area contributed by atoms with Gasteiger partial charge < -0.3 is 5.32 Å². The van der Waals surface area contributed by atoms with E-state index >= 15 is 0 Å².